The highest BCUT2D eigenvalue weighted by molar-refractivity contribution is 5.97. The number of likely N-dealkylation sites (tertiary alicyclic amines) is 1. The van der Waals surface area contributed by atoms with Crippen molar-refractivity contribution in [3.8, 4) is 16.9 Å². The van der Waals surface area contributed by atoms with Crippen LogP contribution in [0.15, 0.2) is 102 Å². The Hall–Kier alpha value is -5.49. The summed E-state index contributed by atoms with van der Waals surface area (Å²) in [4.78, 5) is 45.2. The van der Waals surface area contributed by atoms with E-state index in [-0.39, 0.29) is 35.3 Å². The molecule has 0 aliphatic carbocycles. The monoisotopic (exact) mass is 729 g/mol. The molecule has 0 bridgehead atoms. The predicted molar refractivity (Wildman–Crippen MR) is 210 cm³/mol. The van der Waals surface area contributed by atoms with E-state index in [1.807, 2.05) is 71.6 Å². The highest BCUT2D eigenvalue weighted by Crippen LogP contribution is 2.35. The molecule has 3 heterocycles. The number of aromatic hydroxyl groups is 1. The number of aliphatic hydroxyl groups is 1. The van der Waals surface area contributed by atoms with Gasteiger partial charge < -0.3 is 35.1 Å². The highest BCUT2D eigenvalue weighted by atomic mass is 16.6. The fraction of sp³-hybridized carbons (Fsp3) is 0.326. The van der Waals surface area contributed by atoms with Crippen molar-refractivity contribution in [3.63, 3.8) is 0 Å². The smallest absolute Gasteiger partial charge is 0.411 e. The molecule has 7 rings (SSSR count). The van der Waals surface area contributed by atoms with Crippen LogP contribution >= 0.6 is 0 Å². The quantitative estimate of drug-likeness (QED) is 0.109. The molecule has 1 unspecified atom stereocenters. The Balaban J connectivity index is 0.886. The minimum absolute atomic E-state index is 0.0298. The van der Waals surface area contributed by atoms with Crippen LogP contribution in [0.5, 0.6) is 5.75 Å². The zero-order chi connectivity index (χ0) is 37.8. The zero-order valence-electron chi connectivity index (χ0n) is 30.7. The van der Waals surface area contributed by atoms with Crippen molar-refractivity contribution in [3.05, 3.63) is 130 Å². The number of carbonyl (C=O) groups is 2. The van der Waals surface area contributed by atoms with Crippen molar-refractivity contribution >= 4 is 28.6 Å². The number of nitrogens with one attached hydrogen (secondary N) is 3. The Morgan fingerprint density at radius 1 is 0.926 bits per heavy atom. The van der Waals surface area contributed by atoms with Crippen LogP contribution in [-0.4, -0.2) is 82.4 Å². The molecule has 11 heteroatoms. The number of benzene rings is 4. The first-order valence-electron chi connectivity index (χ1n) is 18.6. The molecule has 5 aromatic rings. The molecule has 1 atom stereocenters. The van der Waals surface area contributed by atoms with Crippen molar-refractivity contribution in [2.75, 3.05) is 44.6 Å². The standard InChI is InChI=1S/C43H47N5O6/c1-43(2)27-48(23-22-47-20-18-30(19-21-47)54-42(53)45-36-11-7-6-10-31(36)29-8-4-3-5-9-29)41(52)34-13-12-28(24-35(34)43)25-44-26-38(50)32-14-16-37(49)40-33(32)15-17-39(51)46-40/h3-17,24,30,38,44,49-50H,18-23,25-27H2,1-2H3,(H,45,53)(H,46,51). The minimum Gasteiger partial charge on any atom is -0.506 e. The Morgan fingerprint density at radius 3 is 2.48 bits per heavy atom. The fourth-order valence-electron chi connectivity index (χ4n) is 7.71. The summed E-state index contributed by atoms with van der Waals surface area (Å²) in [6.07, 6.45) is -0.0176. The molecule has 1 aromatic heterocycles. The summed E-state index contributed by atoms with van der Waals surface area (Å²) in [5, 5.41) is 28.0. The van der Waals surface area contributed by atoms with Gasteiger partial charge in [-0.05, 0) is 59.4 Å². The van der Waals surface area contributed by atoms with Gasteiger partial charge in [0.05, 0.1) is 17.3 Å². The Labute approximate surface area is 314 Å². The van der Waals surface area contributed by atoms with Crippen molar-refractivity contribution in [1.82, 2.24) is 20.1 Å². The third-order valence-corrected chi connectivity index (χ3v) is 10.6. The number of hydrogen-bond donors (Lipinski definition) is 5. The molecule has 1 fully saturated rings. The van der Waals surface area contributed by atoms with Gasteiger partial charge in [-0.2, -0.15) is 0 Å². The molecule has 2 amide bonds. The highest BCUT2D eigenvalue weighted by Gasteiger charge is 2.37. The minimum atomic E-state index is -0.866. The van der Waals surface area contributed by atoms with Crippen LogP contribution in [-0.2, 0) is 16.7 Å². The Kier molecular flexibility index (Phi) is 10.8. The number of piperidine rings is 1. The van der Waals surface area contributed by atoms with E-state index >= 15 is 0 Å². The lowest BCUT2D eigenvalue weighted by atomic mass is 9.77. The summed E-state index contributed by atoms with van der Waals surface area (Å²) in [5.74, 6) is -0.0195. The maximum Gasteiger partial charge on any atom is 0.411 e. The van der Waals surface area contributed by atoms with Crippen molar-refractivity contribution in [2.24, 2.45) is 0 Å². The summed E-state index contributed by atoms with van der Waals surface area (Å²) in [7, 11) is 0. The van der Waals surface area contributed by atoms with Gasteiger partial charge in [0.2, 0.25) is 5.56 Å². The number of phenols is 1. The van der Waals surface area contributed by atoms with Gasteiger partial charge in [-0.15, -0.1) is 0 Å². The van der Waals surface area contributed by atoms with Gasteiger partial charge in [-0.25, -0.2) is 4.79 Å². The van der Waals surface area contributed by atoms with E-state index in [0.29, 0.717) is 47.4 Å². The molecule has 11 nitrogen and oxygen atoms in total. The zero-order valence-corrected chi connectivity index (χ0v) is 30.7. The number of aromatic nitrogens is 1. The second-order valence-electron chi connectivity index (χ2n) is 14.9. The molecule has 280 valence electrons. The third-order valence-electron chi connectivity index (χ3n) is 10.6. The molecule has 2 aliphatic heterocycles. The number of para-hydroxylation sites is 1. The van der Waals surface area contributed by atoms with E-state index < -0.39 is 12.2 Å². The Morgan fingerprint density at radius 2 is 1.69 bits per heavy atom. The first-order valence-corrected chi connectivity index (χ1v) is 18.6. The first kappa shape index (κ1) is 36.9. The van der Waals surface area contributed by atoms with E-state index in [4.69, 9.17) is 4.74 Å². The van der Waals surface area contributed by atoms with Gasteiger partial charge >= 0.3 is 6.09 Å². The lowest BCUT2D eigenvalue weighted by Crippen LogP contribution is -2.50. The van der Waals surface area contributed by atoms with Crippen molar-refractivity contribution in [1.29, 1.82) is 0 Å². The van der Waals surface area contributed by atoms with Crippen molar-refractivity contribution in [2.45, 2.75) is 50.9 Å². The van der Waals surface area contributed by atoms with Gasteiger partial charge in [0.25, 0.3) is 5.91 Å². The molecule has 0 radical (unpaired) electrons. The maximum atomic E-state index is 13.7. The van der Waals surface area contributed by atoms with Crippen LogP contribution in [0, 0.1) is 0 Å². The number of anilines is 1. The summed E-state index contributed by atoms with van der Waals surface area (Å²) in [6, 6.07) is 29.7. The number of pyridine rings is 1. The molecular formula is C43H47N5O6. The molecule has 54 heavy (non-hydrogen) atoms. The molecule has 5 N–H and O–H groups in total. The lowest BCUT2D eigenvalue weighted by molar-refractivity contribution is 0.0493. The number of aliphatic hydroxyl groups excluding tert-OH is 1. The third kappa shape index (κ3) is 8.18. The van der Waals surface area contributed by atoms with Gasteiger partial charge in [-0.3, -0.25) is 14.9 Å². The average molecular weight is 730 g/mol. The molecule has 2 aliphatic rings. The number of fused-ring (bicyclic) bond motifs is 2. The number of phenolic OH excluding ortho intramolecular Hbond substituents is 1. The number of nitrogens with zero attached hydrogens (tertiary/aromatic N) is 2. The number of H-pyrrole nitrogens is 1. The molecular weight excluding hydrogens is 683 g/mol. The summed E-state index contributed by atoms with van der Waals surface area (Å²) < 4.78 is 5.82. The number of ether oxygens (including phenoxy) is 1. The van der Waals surface area contributed by atoms with Crippen LogP contribution in [0.25, 0.3) is 22.0 Å². The Bertz CT molecular complexity index is 2190. The maximum absolute atomic E-state index is 13.7. The predicted octanol–water partition coefficient (Wildman–Crippen LogP) is 6.17. The number of hydrogen-bond acceptors (Lipinski definition) is 8. The first-order chi connectivity index (χ1) is 26.1. The van der Waals surface area contributed by atoms with E-state index in [1.54, 1.807) is 12.1 Å². The summed E-state index contributed by atoms with van der Waals surface area (Å²) in [5.41, 5.74) is 5.73. The molecule has 0 saturated carbocycles. The van der Waals surface area contributed by atoms with Gasteiger partial charge in [-0.1, -0.05) is 80.6 Å². The van der Waals surface area contributed by atoms with Crippen LogP contribution in [0.2, 0.25) is 0 Å². The van der Waals surface area contributed by atoms with Gasteiger partial charge in [0, 0.05) is 73.8 Å². The summed E-state index contributed by atoms with van der Waals surface area (Å²) >= 11 is 0. The van der Waals surface area contributed by atoms with E-state index in [1.165, 1.54) is 12.1 Å². The number of carbonyl (C=O) groups excluding carboxylic acids is 2. The second kappa shape index (κ2) is 15.9. The van der Waals surface area contributed by atoms with Crippen molar-refractivity contribution < 1.29 is 24.5 Å². The van der Waals surface area contributed by atoms with E-state index in [9.17, 15) is 24.6 Å². The number of amides is 2. The lowest BCUT2D eigenvalue weighted by Gasteiger charge is -2.41. The van der Waals surface area contributed by atoms with E-state index in [0.717, 1.165) is 54.7 Å². The van der Waals surface area contributed by atoms with Crippen LogP contribution < -0.4 is 16.2 Å². The topological polar surface area (TPSA) is 147 Å². The van der Waals surface area contributed by atoms with Crippen LogP contribution in [0.3, 0.4) is 0 Å². The molecule has 4 aromatic carbocycles. The molecule has 0 spiro atoms. The SMILES string of the molecule is CC1(C)CN(CCN2CCC(OC(=O)Nc3ccccc3-c3ccccc3)CC2)C(=O)c2ccc(CNCC(O)c3ccc(O)c4[nH]c(=O)ccc34)cc21. The number of rotatable bonds is 11. The van der Waals surface area contributed by atoms with Crippen LogP contribution in [0.4, 0.5) is 10.5 Å². The van der Waals surface area contributed by atoms with Crippen LogP contribution in [0.1, 0.15) is 59.8 Å². The second-order valence-corrected chi connectivity index (χ2v) is 14.9. The van der Waals surface area contributed by atoms with Gasteiger partial charge in [0.1, 0.15) is 11.9 Å². The average Bonchev–Trinajstić information content (AvgIpc) is 3.17. The van der Waals surface area contributed by atoms with Gasteiger partial charge in [0.15, 0.2) is 0 Å². The molecule has 1 saturated heterocycles. The fourth-order valence-corrected chi connectivity index (χ4v) is 7.71. The normalized spacial score (nSPS) is 16.6. The van der Waals surface area contributed by atoms with E-state index in [2.05, 4.69) is 40.4 Å². The summed E-state index contributed by atoms with van der Waals surface area (Å²) in [6.45, 7) is 8.62. The number of aromatic amines is 1. The largest absolute Gasteiger partial charge is 0.506 e.